The van der Waals surface area contributed by atoms with Crippen LogP contribution in [0.25, 0.3) is 0 Å². The van der Waals surface area contributed by atoms with E-state index >= 15 is 0 Å². The fourth-order valence-corrected chi connectivity index (χ4v) is 2.05. The Morgan fingerprint density at radius 2 is 1.90 bits per heavy atom. The Bertz CT molecular complexity index is 599. The van der Waals surface area contributed by atoms with Crippen molar-refractivity contribution >= 4 is 27.5 Å². The number of amides is 1. The van der Waals surface area contributed by atoms with E-state index in [2.05, 4.69) is 21.2 Å². The topological polar surface area (TPSA) is 38.3 Å². The van der Waals surface area contributed by atoms with E-state index in [4.69, 9.17) is 4.74 Å². The highest BCUT2D eigenvalue weighted by molar-refractivity contribution is 9.10. The van der Waals surface area contributed by atoms with E-state index in [0.717, 1.165) is 15.7 Å². The van der Waals surface area contributed by atoms with Crippen molar-refractivity contribution in [1.82, 2.24) is 0 Å². The van der Waals surface area contributed by atoms with Crippen LogP contribution in [0.3, 0.4) is 0 Å². The molecule has 2 aromatic carbocycles. The summed E-state index contributed by atoms with van der Waals surface area (Å²) in [6.45, 7) is 3.68. The van der Waals surface area contributed by atoms with E-state index in [-0.39, 0.29) is 5.91 Å². The Labute approximate surface area is 127 Å². The van der Waals surface area contributed by atoms with Crippen LogP contribution in [0.5, 0.6) is 5.75 Å². The molecule has 0 aliphatic rings. The molecule has 4 heteroatoms. The maximum atomic E-state index is 12.1. The molecule has 0 aliphatic heterocycles. The smallest absolute Gasteiger partial charge is 0.265 e. The Hall–Kier alpha value is -1.81. The number of halogens is 1. The number of anilines is 1. The van der Waals surface area contributed by atoms with Crippen molar-refractivity contribution in [3.63, 3.8) is 0 Å². The summed E-state index contributed by atoms with van der Waals surface area (Å²) in [5.74, 6) is 0.533. The number of carbonyl (C=O) groups excluding carboxylic acids is 1. The van der Waals surface area contributed by atoms with Gasteiger partial charge < -0.3 is 10.1 Å². The standard InChI is InChI=1S/C16H16BrNO2/c1-11-8-9-13(17)10-15(11)20-12(2)16(19)18-14-6-4-3-5-7-14/h3-10,12H,1-2H3,(H,18,19). The number of hydrogen-bond donors (Lipinski definition) is 1. The van der Waals surface area contributed by atoms with Gasteiger partial charge in [-0.15, -0.1) is 0 Å². The molecule has 3 nitrogen and oxygen atoms in total. The van der Waals surface area contributed by atoms with Crippen LogP contribution in [-0.2, 0) is 4.79 Å². The third-order valence-electron chi connectivity index (χ3n) is 2.86. The number of benzene rings is 2. The first-order valence-electron chi connectivity index (χ1n) is 6.35. The molecule has 0 fully saturated rings. The lowest BCUT2D eigenvalue weighted by Crippen LogP contribution is -2.30. The van der Waals surface area contributed by atoms with Gasteiger partial charge in [-0.25, -0.2) is 0 Å². The van der Waals surface area contributed by atoms with E-state index < -0.39 is 6.10 Å². The summed E-state index contributed by atoms with van der Waals surface area (Å²) in [6, 6.07) is 15.1. The molecule has 0 bridgehead atoms. The molecule has 104 valence electrons. The van der Waals surface area contributed by atoms with Crippen LogP contribution in [0.4, 0.5) is 5.69 Å². The Morgan fingerprint density at radius 3 is 2.60 bits per heavy atom. The molecule has 20 heavy (non-hydrogen) atoms. The first-order valence-corrected chi connectivity index (χ1v) is 7.14. The van der Waals surface area contributed by atoms with E-state index in [1.54, 1.807) is 6.92 Å². The van der Waals surface area contributed by atoms with Gasteiger partial charge in [-0.05, 0) is 43.7 Å². The molecular formula is C16H16BrNO2. The van der Waals surface area contributed by atoms with Gasteiger partial charge in [0.15, 0.2) is 6.10 Å². The van der Waals surface area contributed by atoms with Gasteiger partial charge in [0.25, 0.3) is 5.91 Å². The number of nitrogens with one attached hydrogen (secondary N) is 1. The van der Waals surface area contributed by atoms with Gasteiger partial charge in [-0.3, -0.25) is 4.79 Å². The molecule has 1 atom stereocenters. The lowest BCUT2D eigenvalue weighted by Gasteiger charge is -2.16. The van der Waals surface area contributed by atoms with Crippen LogP contribution in [0.15, 0.2) is 53.0 Å². The lowest BCUT2D eigenvalue weighted by atomic mass is 10.2. The normalized spacial score (nSPS) is 11.8. The summed E-state index contributed by atoms with van der Waals surface area (Å²) in [6.07, 6.45) is -0.566. The molecule has 0 saturated heterocycles. The second-order valence-corrected chi connectivity index (χ2v) is 5.44. The van der Waals surface area contributed by atoms with Crippen molar-refractivity contribution in [1.29, 1.82) is 0 Å². The van der Waals surface area contributed by atoms with Crippen molar-refractivity contribution < 1.29 is 9.53 Å². The molecule has 0 radical (unpaired) electrons. The van der Waals surface area contributed by atoms with Gasteiger partial charge in [-0.1, -0.05) is 40.2 Å². The summed E-state index contributed by atoms with van der Waals surface area (Å²) in [4.78, 5) is 12.1. The molecule has 0 heterocycles. The predicted molar refractivity (Wildman–Crippen MR) is 84.0 cm³/mol. The highest BCUT2D eigenvalue weighted by Gasteiger charge is 2.15. The summed E-state index contributed by atoms with van der Waals surface area (Å²) >= 11 is 3.40. The summed E-state index contributed by atoms with van der Waals surface area (Å²) in [5.41, 5.74) is 1.76. The number of para-hydroxylation sites is 1. The molecule has 2 rings (SSSR count). The fourth-order valence-electron chi connectivity index (χ4n) is 1.71. The first kappa shape index (κ1) is 14.6. The van der Waals surface area contributed by atoms with Gasteiger partial charge in [0, 0.05) is 10.2 Å². The van der Waals surface area contributed by atoms with Crippen LogP contribution < -0.4 is 10.1 Å². The number of aryl methyl sites for hydroxylation is 1. The second-order valence-electron chi connectivity index (χ2n) is 4.53. The quantitative estimate of drug-likeness (QED) is 0.912. The average Bonchev–Trinajstić information content (AvgIpc) is 2.44. The third-order valence-corrected chi connectivity index (χ3v) is 3.36. The van der Waals surface area contributed by atoms with Gasteiger partial charge in [0.05, 0.1) is 0 Å². The second kappa shape index (κ2) is 6.57. The number of hydrogen-bond acceptors (Lipinski definition) is 2. The van der Waals surface area contributed by atoms with Crippen molar-refractivity contribution in [3.05, 3.63) is 58.6 Å². The first-order chi connectivity index (χ1) is 9.56. The van der Waals surface area contributed by atoms with Crippen LogP contribution in [-0.4, -0.2) is 12.0 Å². The maximum Gasteiger partial charge on any atom is 0.265 e. The SMILES string of the molecule is Cc1ccc(Br)cc1OC(C)C(=O)Nc1ccccc1. The summed E-state index contributed by atoms with van der Waals surface area (Å²) in [5, 5.41) is 2.82. The Morgan fingerprint density at radius 1 is 1.20 bits per heavy atom. The third kappa shape index (κ3) is 3.84. The summed E-state index contributed by atoms with van der Waals surface area (Å²) < 4.78 is 6.64. The van der Waals surface area contributed by atoms with Gasteiger partial charge in [0.1, 0.15) is 5.75 Å². The average molecular weight is 334 g/mol. The Balaban J connectivity index is 2.02. The highest BCUT2D eigenvalue weighted by atomic mass is 79.9. The molecule has 1 unspecified atom stereocenters. The van der Waals surface area contributed by atoms with Gasteiger partial charge >= 0.3 is 0 Å². The molecular weight excluding hydrogens is 318 g/mol. The minimum atomic E-state index is -0.566. The van der Waals surface area contributed by atoms with Gasteiger partial charge in [0.2, 0.25) is 0 Å². The molecule has 0 spiro atoms. The molecule has 0 aliphatic carbocycles. The fraction of sp³-hybridized carbons (Fsp3) is 0.188. The molecule has 0 aromatic heterocycles. The largest absolute Gasteiger partial charge is 0.481 e. The van der Waals surface area contributed by atoms with E-state index in [9.17, 15) is 4.79 Å². The zero-order valence-corrected chi connectivity index (χ0v) is 13.0. The van der Waals surface area contributed by atoms with E-state index in [1.165, 1.54) is 0 Å². The maximum absolute atomic E-state index is 12.1. The number of rotatable bonds is 4. The molecule has 1 N–H and O–H groups in total. The minimum Gasteiger partial charge on any atom is -0.481 e. The van der Waals surface area contributed by atoms with Crippen molar-refractivity contribution in [2.75, 3.05) is 5.32 Å². The predicted octanol–water partition coefficient (Wildman–Crippen LogP) is 4.16. The van der Waals surface area contributed by atoms with Crippen molar-refractivity contribution in [2.24, 2.45) is 0 Å². The zero-order chi connectivity index (χ0) is 14.5. The van der Waals surface area contributed by atoms with Crippen LogP contribution in [0.2, 0.25) is 0 Å². The number of carbonyl (C=O) groups is 1. The van der Waals surface area contributed by atoms with Crippen LogP contribution in [0.1, 0.15) is 12.5 Å². The van der Waals surface area contributed by atoms with Gasteiger partial charge in [-0.2, -0.15) is 0 Å². The highest BCUT2D eigenvalue weighted by Crippen LogP contribution is 2.24. The molecule has 1 amide bonds. The van der Waals surface area contributed by atoms with Crippen molar-refractivity contribution in [3.8, 4) is 5.75 Å². The monoisotopic (exact) mass is 333 g/mol. The Kier molecular flexibility index (Phi) is 4.79. The van der Waals surface area contributed by atoms with E-state index in [1.807, 2.05) is 55.5 Å². The van der Waals surface area contributed by atoms with Crippen LogP contribution >= 0.6 is 15.9 Å². The molecule has 2 aromatic rings. The molecule has 0 saturated carbocycles. The lowest BCUT2D eigenvalue weighted by molar-refractivity contribution is -0.122. The minimum absolute atomic E-state index is 0.171. The zero-order valence-electron chi connectivity index (χ0n) is 11.4. The number of ether oxygens (including phenoxy) is 1. The van der Waals surface area contributed by atoms with Crippen LogP contribution in [0, 0.1) is 6.92 Å². The summed E-state index contributed by atoms with van der Waals surface area (Å²) in [7, 11) is 0. The van der Waals surface area contributed by atoms with Crippen molar-refractivity contribution in [2.45, 2.75) is 20.0 Å². The van der Waals surface area contributed by atoms with E-state index in [0.29, 0.717) is 5.75 Å².